The summed E-state index contributed by atoms with van der Waals surface area (Å²) in [6.45, 7) is 4.77. The maximum atomic E-state index is 13.8. The molecule has 0 unspecified atom stereocenters. The highest BCUT2D eigenvalue weighted by atomic mass is 35.5. The van der Waals surface area contributed by atoms with Gasteiger partial charge >= 0.3 is 0 Å². The first kappa shape index (κ1) is 21.1. The molecule has 1 fully saturated rings. The van der Waals surface area contributed by atoms with Crippen molar-refractivity contribution in [3.05, 3.63) is 58.9 Å². The van der Waals surface area contributed by atoms with Gasteiger partial charge in [-0.3, -0.25) is 9.59 Å². The predicted molar refractivity (Wildman–Crippen MR) is 123 cm³/mol. The number of fused-ring (bicyclic) bond motifs is 3. The third kappa shape index (κ3) is 3.51. The lowest BCUT2D eigenvalue weighted by Crippen LogP contribution is -2.65. The van der Waals surface area contributed by atoms with Crippen LogP contribution in [0.4, 0.5) is 0 Å². The lowest BCUT2D eigenvalue weighted by Gasteiger charge is -2.45. The van der Waals surface area contributed by atoms with E-state index in [9.17, 15) is 9.59 Å². The van der Waals surface area contributed by atoms with Crippen LogP contribution < -0.4 is 5.32 Å². The van der Waals surface area contributed by atoms with Gasteiger partial charge in [-0.2, -0.15) is 0 Å². The number of furan rings is 1. The molecule has 3 heterocycles. The molecule has 2 amide bonds. The van der Waals surface area contributed by atoms with Gasteiger partial charge in [0, 0.05) is 29.7 Å². The second kappa shape index (κ2) is 8.00. The molecule has 1 N–H and O–H groups in total. The molecule has 0 spiro atoms. The van der Waals surface area contributed by atoms with E-state index in [1.807, 2.05) is 41.8 Å². The Hall–Kier alpha value is -2.73. The van der Waals surface area contributed by atoms with Crippen LogP contribution in [0, 0.1) is 5.92 Å². The van der Waals surface area contributed by atoms with E-state index in [1.165, 1.54) is 6.42 Å². The van der Waals surface area contributed by atoms with E-state index < -0.39 is 5.54 Å². The van der Waals surface area contributed by atoms with E-state index in [0.29, 0.717) is 35.3 Å². The summed E-state index contributed by atoms with van der Waals surface area (Å²) in [5.41, 5.74) is 1.93. The Balaban J connectivity index is 1.52. The van der Waals surface area contributed by atoms with Crippen LogP contribution in [0.1, 0.15) is 55.6 Å². The number of benzene rings is 1. The molecule has 168 valence electrons. The third-order valence-electron chi connectivity index (χ3n) is 7.22. The first-order valence-corrected chi connectivity index (χ1v) is 11.7. The molecule has 3 atom stereocenters. The van der Waals surface area contributed by atoms with Gasteiger partial charge in [-0.05, 0) is 43.4 Å². The minimum Gasteiger partial charge on any atom is -0.463 e. The van der Waals surface area contributed by atoms with Crippen LogP contribution in [0.25, 0.3) is 11.1 Å². The second-order valence-electron chi connectivity index (χ2n) is 9.42. The van der Waals surface area contributed by atoms with Gasteiger partial charge in [0.2, 0.25) is 5.91 Å². The summed E-state index contributed by atoms with van der Waals surface area (Å²) in [5.74, 6) is 0.157. The van der Waals surface area contributed by atoms with Crippen LogP contribution >= 0.6 is 11.6 Å². The second-order valence-corrected chi connectivity index (χ2v) is 9.86. The van der Waals surface area contributed by atoms with E-state index in [4.69, 9.17) is 16.0 Å². The standard InChI is InChI=1S/C25H28ClN3O3/c1-16-5-3-4-6-19(16)27-24(31)25(2)15-28-20-11-12-32-22(20)13-21(28)23(30)29(25)14-17-7-9-18(26)10-8-17/h7-13,16,19H,3-6,14-15H2,1-2H3,(H,27,31)/t16-,19+,25+/m1/s1. The van der Waals surface area contributed by atoms with Crippen LogP contribution in [0.15, 0.2) is 47.1 Å². The van der Waals surface area contributed by atoms with E-state index in [-0.39, 0.29) is 17.9 Å². The van der Waals surface area contributed by atoms with Crippen LogP contribution in [0.2, 0.25) is 5.02 Å². The minimum atomic E-state index is -1.04. The summed E-state index contributed by atoms with van der Waals surface area (Å²) in [7, 11) is 0. The highest BCUT2D eigenvalue weighted by molar-refractivity contribution is 6.30. The molecule has 2 aromatic heterocycles. The van der Waals surface area contributed by atoms with Crippen molar-refractivity contribution >= 4 is 34.5 Å². The fourth-order valence-electron chi connectivity index (χ4n) is 5.15. The van der Waals surface area contributed by atoms with Gasteiger partial charge in [0.25, 0.3) is 5.91 Å². The topological polar surface area (TPSA) is 67.5 Å². The van der Waals surface area contributed by atoms with Gasteiger partial charge in [-0.1, -0.05) is 43.5 Å². The first-order chi connectivity index (χ1) is 15.4. The van der Waals surface area contributed by atoms with Crippen molar-refractivity contribution in [2.45, 2.75) is 64.2 Å². The molecule has 1 aliphatic carbocycles. The number of aromatic nitrogens is 1. The fourth-order valence-corrected chi connectivity index (χ4v) is 5.27. The maximum absolute atomic E-state index is 13.8. The summed E-state index contributed by atoms with van der Waals surface area (Å²) < 4.78 is 7.46. The lowest BCUT2D eigenvalue weighted by molar-refractivity contribution is -0.134. The molecular formula is C25H28ClN3O3. The zero-order valence-corrected chi connectivity index (χ0v) is 19.2. The molecule has 0 bridgehead atoms. The van der Waals surface area contributed by atoms with Crippen LogP contribution in [-0.2, 0) is 17.9 Å². The molecule has 5 rings (SSSR count). The summed E-state index contributed by atoms with van der Waals surface area (Å²) in [6, 6.07) is 11.2. The van der Waals surface area contributed by atoms with Gasteiger partial charge in [-0.15, -0.1) is 0 Å². The first-order valence-electron chi connectivity index (χ1n) is 11.3. The fraction of sp³-hybridized carbons (Fsp3) is 0.440. The minimum absolute atomic E-state index is 0.102. The lowest BCUT2D eigenvalue weighted by atomic mass is 9.85. The van der Waals surface area contributed by atoms with E-state index in [1.54, 1.807) is 17.2 Å². The van der Waals surface area contributed by atoms with E-state index in [2.05, 4.69) is 12.2 Å². The summed E-state index contributed by atoms with van der Waals surface area (Å²) in [4.78, 5) is 29.2. The number of hydrogen-bond acceptors (Lipinski definition) is 3. The van der Waals surface area contributed by atoms with Crippen molar-refractivity contribution in [3.63, 3.8) is 0 Å². The largest absolute Gasteiger partial charge is 0.463 e. The Labute approximate surface area is 192 Å². The zero-order chi connectivity index (χ0) is 22.5. The molecule has 1 aliphatic heterocycles. The van der Waals surface area contributed by atoms with Crippen molar-refractivity contribution in [2.24, 2.45) is 5.92 Å². The molecule has 0 saturated heterocycles. The van der Waals surface area contributed by atoms with Crippen LogP contribution in [-0.4, -0.2) is 32.9 Å². The molecule has 2 aliphatic rings. The molecule has 32 heavy (non-hydrogen) atoms. The van der Waals surface area contributed by atoms with Crippen molar-refractivity contribution in [1.82, 2.24) is 14.8 Å². The smallest absolute Gasteiger partial charge is 0.271 e. The average Bonchev–Trinajstić information content (AvgIpc) is 3.36. The Bertz CT molecular complexity index is 1170. The normalized spacial score (nSPS) is 25.7. The zero-order valence-electron chi connectivity index (χ0n) is 18.4. The number of amides is 2. The molecule has 1 aromatic carbocycles. The van der Waals surface area contributed by atoms with Gasteiger partial charge < -0.3 is 19.2 Å². The highest BCUT2D eigenvalue weighted by Gasteiger charge is 2.48. The molecule has 0 radical (unpaired) electrons. The highest BCUT2D eigenvalue weighted by Crippen LogP contribution is 2.35. The summed E-state index contributed by atoms with van der Waals surface area (Å²) in [6.07, 6.45) is 6.04. The van der Waals surface area contributed by atoms with Gasteiger partial charge in [0.05, 0.1) is 18.3 Å². The van der Waals surface area contributed by atoms with Gasteiger partial charge in [0.15, 0.2) is 5.58 Å². The van der Waals surface area contributed by atoms with Gasteiger partial charge in [0.1, 0.15) is 11.2 Å². The number of halogens is 1. The number of nitrogens with one attached hydrogen (secondary N) is 1. The monoisotopic (exact) mass is 453 g/mol. The Kier molecular flexibility index (Phi) is 5.28. The van der Waals surface area contributed by atoms with Crippen molar-refractivity contribution in [2.75, 3.05) is 0 Å². The molecule has 3 aromatic rings. The summed E-state index contributed by atoms with van der Waals surface area (Å²) >= 11 is 6.05. The Morgan fingerprint density at radius 1 is 1.22 bits per heavy atom. The van der Waals surface area contributed by atoms with Crippen molar-refractivity contribution in [1.29, 1.82) is 0 Å². The van der Waals surface area contributed by atoms with E-state index in [0.717, 1.165) is 30.3 Å². The SMILES string of the molecule is C[C@@H]1CCCC[C@@H]1NC(=O)[C@]1(C)Cn2c(cc3occc32)C(=O)N1Cc1ccc(Cl)cc1. The van der Waals surface area contributed by atoms with Crippen molar-refractivity contribution < 1.29 is 14.0 Å². The molecular weight excluding hydrogens is 426 g/mol. The maximum Gasteiger partial charge on any atom is 0.271 e. The molecule has 7 heteroatoms. The summed E-state index contributed by atoms with van der Waals surface area (Å²) in [5, 5.41) is 3.94. The average molecular weight is 454 g/mol. The third-order valence-corrected chi connectivity index (χ3v) is 7.47. The predicted octanol–water partition coefficient (Wildman–Crippen LogP) is 5.00. The number of nitrogens with zero attached hydrogens (tertiary/aromatic N) is 2. The van der Waals surface area contributed by atoms with Crippen LogP contribution in [0.5, 0.6) is 0 Å². The van der Waals surface area contributed by atoms with Gasteiger partial charge in [-0.25, -0.2) is 0 Å². The number of carbonyl (C=O) groups is 2. The Morgan fingerprint density at radius 2 is 1.97 bits per heavy atom. The number of rotatable bonds is 4. The van der Waals surface area contributed by atoms with E-state index >= 15 is 0 Å². The molecule has 1 saturated carbocycles. The van der Waals surface area contributed by atoms with Crippen LogP contribution in [0.3, 0.4) is 0 Å². The number of hydrogen-bond donors (Lipinski definition) is 1. The number of carbonyl (C=O) groups excluding carboxylic acids is 2. The van der Waals surface area contributed by atoms with Crippen molar-refractivity contribution in [3.8, 4) is 0 Å². The quantitative estimate of drug-likeness (QED) is 0.604. The molecule has 6 nitrogen and oxygen atoms in total. The Morgan fingerprint density at radius 3 is 2.72 bits per heavy atom.